The van der Waals surface area contributed by atoms with Crippen LogP contribution >= 0.6 is 23.8 Å². The number of rotatable bonds is 7. The van der Waals surface area contributed by atoms with Crippen LogP contribution in [0.3, 0.4) is 0 Å². The zero-order chi connectivity index (χ0) is 27.7. The molecule has 1 amide bonds. The number of amides is 1. The number of phenolic OH excluding ortho intramolecular Hbond substituents is 1. The summed E-state index contributed by atoms with van der Waals surface area (Å²) in [6, 6.07) is 20.2. The minimum atomic E-state index is -0.222. The molecule has 0 unspecified atom stereocenters. The number of nitrogens with one attached hydrogen (secondary N) is 2. The van der Waals surface area contributed by atoms with E-state index >= 15 is 0 Å². The van der Waals surface area contributed by atoms with Crippen molar-refractivity contribution in [1.82, 2.24) is 19.8 Å². The van der Waals surface area contributed by atoms with Gasteiger partial charge in [-0.1, -0.05) is 35.4 Å². The van der Waals surface area contributed by atoms with Crippen molar-refractivity contribution in [2.45, 2.75) is 39.3 Å². The first-order valence-electron chi connectivity index (χ1n) is 12.7. The molecule has 2 aromatic heterocycles. The van der Waals surface area contributed by atoms with Crippen molar-refractivity contribution < 1.29 is 9.90 Å². The number of aromatic hydroxyl groups is 1. The molecule has 0 spiro atoms. The molecule has 3 heterocycles. The van der Waals surface area contributed by atoms with Gasteiger partial charge in [0.1, 0.15) is 5.75 Å². The normalized spacial score (nSPS) is 16.8. The summed E-state index contributed by atoms with van der Waals surface area (Å²) < 4.78 is 2.00. The fourth-order valence-electron chi connectivity index (χ4n) is 5.20. The van der Waals surface area contributed by atoms with E-state index in [1.807, 2.05) is 67.8 Å². The Labute approximate surface area is 238 Å². The van der Waals surface area contributed by atoms with E-state index in [2.05, 4.69) is 26.6 Å². The number of halogens is 1. The number of benzene rings is 2. The van der Waals surface area contributed by atoms with Gasteiger partial charge in [0, 0.05) is 41.3 Å². The molecule has 200 valence electrons. The summed E-state index contributed by atoms with van der Waals surface area (Å²) in [6.07, 6.45) is 2.02. The molecular formula is C30H30ClN5O2S. The van der Waals surface area contributed by atoms with Gasteiger partial charge in [0.25, 0.3) is 0 Å². The molecular weight excluding hydrogens is 530 g/mol. The number of phenols is 1. The van der Waals surface area contributed by atoms with Gasteiger partial charge in [0.2, 0.25) is 5.91 Å². The second kappa shape index (κ2) is 11.1. The number of hydrogen-bond acceptors (Lipinski definition) is 4. The maximum Gasteiger partial charge on any atom is 0.226 e. The molecule has 7 nitrogen and oxygen atoms in total. The number of pyridine rings is 1. The molecule has 0 saturated carbocycles. The molecule has 2 atom stereocenters. The van der Waals surface area contributed by atoms with Gasteiger partial charge in [-0.25, -0.2) is 0 Å². The predicted octanol–water partition coefficient (Wildman–Crippen LogP) is 6.16. The van der Waals surface area contributed by atoms with Gasteiger partial charge in [-0.05, 0) is 87.1 Å². The van der Waals surface area contributed by atoms with Crippen LogP contribution in [0.5, 0.6) is 5.75 Å². The Balaban J connectivity index is 1.48. The van der Waals surface area contributed by atoms with Crippen molar-refractivity contribution in [3.05, 3.63) is 106 Å². The third-order valence-corrected chi connectivity index (χ3v) is 7.67. The summed E-state index contributed by atoms with van der Waals surface area (Å²) in [4.78, 5) is 19.6. The third kappa shape index (κ3) is 5.48. The first-order chi connectivity index (χ1) is 18.7. The van der Waals surface area contributed by atoms with Crippen molar-refractivity contribution in [3.63, 3.8) is 0 Å². The molecule has 3 N–H and O–H groups in total. The van der Waals surface area contributed by atoms with E-state index in [1.54, 1.807) is 24.4 Å². The Kier molecular flexibility index (Phi) is 7.59. The van der Waals surface area contributed by atoms with E-state index in [0.29, 0.717) is 22.4 Å². The summed E-state index contributed by atoms with van der Waals surface area (Å²) in [5.41, 5.74) is 6.26. The summed E-state index contributed by atoms with van der Waals surface area (Å²) in [5, 5.41) is 18.2. The second-order valence-corrected chi connectivity index (χ2v) is 10.6. The number of aryl methyl sites for hydroxylation is 2. The van der Waals surface area contributed by atoms with Crippen molar-refractivity contribution in [2.75, 3.05) is 11.9 Å². The summed E-state index contributed by atoms with van der Waals surface area (Å²) >= 11 is 12.1. The van der Waals surface area contributed by atoms with Crippen molar-refractivity contribution >= 4 is 40.5 Å². The van der Waals surface area contributed by atoms with Crippen LogP contribution in [-0.2, 0) is 4.79 Å². The highest BCUT2D eigenvalue weighted by molar-refractivity contribution is 7.80. The van der Waals surface area contributed by atoms with Crippen LogP contribution in [-0.4, -0.2) is 37.1 Å². The Morgan fingerprint density at radius 2 is 1.87 bits per heavy atom. The number of thiocarbonyl (C=S) groups is 1. The monoisotopic (exact) mass is 559 g/mol. The van der Waals surface area contributed by atoms with Crippen LogP contribution in [0.2, 0.25) is 5.02 Å². The van der Waals surface area contributed by atoms with Gasteiger partial charge in [-0.3, -0.25) is 9.78 Å². The largest absolute Gasteiger partial charge is 0.506 e. The highest BCUT2D eigenvalue weighted by Crippen LogP contribution is 2.42. The molecule has 2 aromatic carbocycles. The molecule has 0 aliphatic carbocycles. The first-order valence-corrected chi connectivity index (χ1v) is 13.5. The summed E-state index contributed by atoms with van der Waals surface area (Å²) in [7, 11) is 0. The molecule has 9 heteroatoms. The Morgan fingerprint density at radius 1 is 1.10 bits per heavy atom. The van der Waals surface area contributed by atoms with Gasteiger partial charge < -0.3 is 25.2 Å². The van der Waals surface area contributed by atoms with E-state index in [1.165, 1.54) is 0 Å². The van der Waals surface area contributed by atoms with E-state index in [0.717, 1.165) is 33.9 Å². The minimum absolute atomic E-state index is 0.0870. The average molecular weight is 560 g/mol. The summed E-state index contributed by atoms with van der Waals surface area (Å²) in [6.45, 7) is 6.44. The smallest absolute Gasteiger partial charge is 0.226 e. The maximum absolute atomic E-state index is 12.9. The standard InChI is InChI=1S/C30H30ClN5O2S/c1-18-7-10-22(11-8-18)33-27(38)13-15-35-29(28(34-30(35)39)24-6-4-5-14-32-24)23-16-19(2)36(20(23)3)25-17-21(31)9-12-26(25)37/h4-12,14,16-17,28-29,37H,13,15H2,1-3H3,(H,33,38)(H,34,39)/t28-,29+/m0/s1. The quantitative estimate of drug-likeness (QED) is 0.235. The average Bonchev–Trinajstić information content (AvgIpc) is 3.40. The molecule has 1 aliphatic heterocycles. The predicted molar refractivity (Wildman–Crippen MR) is 159 cm³/mol. The number of anilines is 1. The number of hydrogen-bond donors (Lipinski definition) is 3. The van der Waals surface area contributed by atoms with Crippen LogP contribution in [0.4, 0.5) is 5.69 Å². The zero-order valence-electron chi connectivity index (χ0n) is 22.0. The van der Waals surface area contributed by atoms with E-state index in [9.17, 15) is 9.90 Å². The Morgan fingerprint density at radius 3 is 2.59 bits per heavy atom. The van der Waals surface area contributed by atoms with E-state index in [4.69, 9.17) is 23.8 Å². The molecule has 39 heavy (non-hydrogen) atoms. The number of carbonyl (C=O) groups is 1. The fourth-order valence-corrected chi connectivity index (χ4v) is 5.70. The van der Waals surface area contributed by atoms with Gasteiger partial charge in [0.15, 0.2) is 5.11 Å². The van der Waals surface area contributed by atoms with Crippen molar-refractivity contribution in [3.8, 4) is 11.4 Å². The molecule has 1 aliphatic rings. The van der Waals surface area contributed by atoms with Gasteiger partial charge in [0.05, 0.1) is 23.5 Å². The fraction of sp³-hybridized carbons (Fsp3) is 0.233. The lowest BCUT2D eigenvalue weighted by Gasteiger charge is -2.28. The number of carbonyl (C=O) groups excluding carboxylic acids is 1. The Hall–Kier alpha value is -3.88. The lowest BCUT2D eigenvalue weighted by Crippen LogP contribution is -2.32. The first kappa shape index (κ1) is 26.7. The van der Waals surface area contributed by atoms with Crippen LogP contribution in [0, 0.1) is 20.8 Å². The molecule has 1 saturated heterocycles. The second-order valence-electron chi connectivity index (χ2n) is 9.78. The van der Waals surface area contributed by atoms with E-state index < -0.39 is 0 Å². The molecule has 1 fully saturated rings. The highest BCUT2D eigenvalue weighted by Gasteiger charge is 2.41. The molecule has 5 rings (SSSR count). The molecule has 0 bridgehead atoms. The number of nitrogens with zero attached hydrogens (tertiary/aromatic N) is 3. The van der Waals surface area contributed by atoms with Crippen molar-refractivity contribution in [2.24, 2.45) is 0 Å². The zero-order valence-corrected chi connectivity index (χ0v) is 23.6. The highest BCUT2D eigenvalue weighted by atomic mass is 35.5. The topological polar surface area (TPSA) is 82.4 Å². The van der Waals surface area contributed by atoms with Crippen LogP contribution in [0.1, 0.15) is 46.7 Å². The lowest BCUT2D eigenvalue weighted by atomic mass is 9.96. The van der Waals surface area contributed by atoms with Gasteiger partial charge in [-0.2, -0.15) is 0 Å². The Bertz CT molecular complexity index is 1520. The van der Waals surface area contributed by atoms with Crippen LogP contribution in [0.15, 0.2) is 72.9 Å². The van der Waals surface area contributed by atoms with E-state index in [-0.39, 0.29) is 30.2 Å². The van der Waals surface area contributed by atoms with Crippen molar-refractivity contribution in [1.29, 1.82) is 0 Å². The minimum Gasteiger partial charge on any atom is -0.506 e. The number of aromatic nitrogens is 2. The SMILES string of the molecule is Cc1ccc(NC(=O)CCN2C(=S)N[C@@H](c3ccccn3)[C@H]2c2cc(C)n(-c3cc(Cl)ccc3O)c2C)cc1. The summed E-state index contributed by atoms with van der Waals surface area (Å²) in [5.74, 6) is 0.0507. The third-order valence-electron chi connectivity index (χ3n) is 7.08. The lowest BCUT2D eigenvalue weighted by molar-refractivity contribution is -0.116. The van der Waals surface area contributed by atoms with Gasteiger partial charge >= 0.3 is 0 Å². The van der Waals surface area contributed by atoms with Crippen LogP contribution < -0.4 is 10.6 Å². The molecule has 4 aromatic rings. The maximum atomic E-state index is 12.9. The molecule has 0 radical (unpaired) electrons. The van der Waals surface area contributed by atoms with Crippen LogP contribution in [0.25, 0.3) is 5.69 Å². The van der Waals surface area contributed by atoms with Gasteiger partial charge in [-0.15, -0.1) is 0 Å².